The minimum Gasteiger partial charge on any atom is -0.480 e. The van der Waals surface area contributed by atoms with E-state index in [2.05, 4.69) is 5.32 Å². The molecule has 0 aliphatic carbocycles. The Bertz CT molecular complexity index is 231. The van der Waals surface area contributed by atoms with Gasteiger partial charge in [-0.2, -0.15) is 0 Å². The highest BCUT2D eigenvalue weighted by atomic mass is 16.5. The fourth-order valence-corrected chi connectivity index (χ4v) is 1.21. The summed E-state index contributed by atoms with van der Waals surface area (Å²) in [4.78, 5) is 23.5. The van der Waals surface area contributed by atoms with Crippen molar-refractivity contribution in [3.63, 3.8) is 0 Å². The third kappa shape index (κ3) is 3.31. The van der Waals surface area contributed by atoms with Crippen LogP contribution in [0, 0.1) is 0 Å². The van der Waals surface area contributed by atoms with E-state index in [4.69, 9.17) is 9.84 Å². The van der Waals surface area contributed by atoms with Crippen molar-refractivity contribution < 1.29 is 19.4 Å². The molecule has 14 heavy (non-hydrogen) atoms. The lowest BCUT2D eigenvalue weighted by Crippen LogP contribution is -2.49. The van der Waals surface area contributed by atoms with Gasteiger partial charge in [-0.05, 0) is 7.05 Å². The topological polar surface area (TPSA) is 78.9 Å². The van der Waals surface area contributed by atoms with Crippen molar-refractivity contribution in [2.45, 2.75) is 6.10 Å². The number of hydrogen-bond donors (Lipinski definition) is 2. The van der Waals surface area contributed by atoms with E-state index in [1.165, 1.54) is 0 Å². The molecule has 1 aliphatic heterocycles. The van der Waals surface area contributed by atoms with Gasteiger partial charge in [-0.25, -0.2) is 0 Å². The first-order valence-corrected chi connectivity index (χ1v) is 4.39. The summed E-state index contributed by atoms with van der Waals surface area (Å²) in [6, 6.07) is 0. The standard InChI is InChI=1S/C8H14N2O4/c1-10-2-3-14-6(5-10)8(13)9-4-7(11)12/h6H,2-5H2,1H3,(H,9,13)(H,11,12). The van der Waals surface area contributed by atoms with Gasteiger partial charge in [0, 0.05) is 13.1 Å². The Morgan fingerprint density at radius 1 is 1.64 bits per heavy atom. The molecular weight excluding hydrogens is 188 g/mol. The molecular formula is C8H14N2O4. The van der Waals surface area contributed by atoms with Crippen molar-refractivity contribution in [3.8, 4) is 0 Å². The highest BCUT2D eigenvalue weighted by molar-refractivity contribution is 5.84. The maximum Gasteiger partial charge on any atom is 0.322 e. The Labute approximate surface area is 81.8 Å². The molecule has 2 N–H and O–H groups in total. The average molecular weight is 202 g/mol. The number of ether oxygens (including phenoxy) is 1. The van der Waals surface area contributed by atoms with Crippen LogP contribution in [-0.2, 0) is 14.3 Å². The number of carbonyl (C=O) groups is 2. The molecule has 80 valence electrons. The predicted octanol–water partition coefficient (Wildman–Crippen LogP) is -1.48. The third-order valence-corrected chi connectivity index (χ3v) is 1.98. The molecule has 0 radical (unpaired) electrons. The number of rotatable bonds is 3. The molecule has 1 fully saturated rings. The number of nitrogens with zero attached hydrogens (tertiary/aromatic N) is 1. The van der Waals surface area contributed by atoms with E-state index < -0.39 is 12.1 Å². The number of hydrogen-bond acceptors (Lipinski definition) is 4. The van der Waals surface area contributed by atoms with Gasteiger partial charge in [0.1, 0.15) is 12.6 Å². The molecule has 0 aromatic rings. The quantitative estimate of drug-likeness (QED) is 0.583. The summed E-state index contributed by atoms with van der Waals surface area (Å²) in [5, 5.41) is 10.6. The van der Waals surface area contributed by atoms with Crippen molar-refractivity contribution in [1.29, 1.82) is 0 Å². The number of carboxylic acids is 1. The van der Waals surface area contributed by atoms with Crippen molar-refractivity contribution in [2.75, 3.05) is 33.3 Å². The lowest BCUT2D eigenvalue weighted by molar-refractivity contribution is -0.143. The largest absolute Gasteiger partial charge is 0.480 e. The van der Waals surface area contributed by atoms with E-state index >= 15 is 0 Å². The van der Waals surface area contributed by atoms with E-state index in [9.17, 15) is 9.59 Å². The molecule has 6 nitrogen and oxygen atoms in total. The van der Waals surface area contributed by atoms with Gasteiger partial charge in [-0.15, -0.1) is 0 Å². The fourth-order valence-electron chi connectivity index (χ4n) is 1.21. The third-order valence-electron chi connectivity index (χ3n) is 1.98. The van der Waals surface area contributed by atoms with Crippen LogP contribution >= 0.6 is 0 Å². The van der Waals surface area contributed by atoms with E-state index in [1.54, 1.807) is 0 Å². The number of aliphatic carboxylic acids is 1. The van der Waals surface area contributed by atoms with Crippen LogP contribution in [0.2, 0.25) is 0 Å². The SMILES string of the molecule is CN1CCOC(C(=O)NCC(=O)O)C1. The number of amides is 1. The summed E-state index contributed by atoms with van der Waals surface area (Å²) in [6.45, 7) is 1.44. The summed E-state index contributed by atoms with van der Waals surface area (Å²) in [5.74, 6) is -1.42. The Hall–Kier alpha value is -1.14. The number of carbonyl (C=O) groups excluding carboxylic acids is 1. The smallest absolute Gasteiger partial charge is 0.322 e. The lowest BCUT2D eigenvalue weighted by atomic mass is 10.2. The van der Waals surface area contributed by atoms with Crippen molar-refractivity contribution in [3.05, 3.63) is 0 Å². The minimum atomic E-state index is -1.05. The van der Waals surface area contributed by atoms with Gasteiger partial charge in [-0.3, -0.25) is 9.59 Å². The Morgan fingerprint density at radius 3 is 2.93 bits per heavy atom. The molecule has 0 aromatic heterocycles. The zero-order valence-electron chi connectivity index (χ0n) is 8.02. The Morgan fingerprint density at radius 2 is 2.36 bits per heavy atom. The second-order valence-corrected chi connectivity index (χ2v) is 3.23. The molecule has 1 amide bonds. The number of likely N-dealkylation sites (N-methyl/N-ethyl adjacent to an activating group) is 1. The summed E-state index contributed by atoms with van der Waals surface area (Å²) in [5.41, 5.74) is 0. The summed E-state index contributed by atoms with van der Waals surface area (Å²) >= 11 is 0. The van der Waals surface area contributed by atoms with Crippen LogP contribution in [0.5, 0.6) is 0 Å². The molecule has 0 bridgehead atoms. The Balaban J connectivity index is 2.32. The molecule has 0 aromatic carbocycles. The molecule has 1 heterocycles. The molecule has 1 saturated heterocycles. The Kier molecular flexibility index (Phi) is 3.84. The fraction of sp³-hybridized carbons (Fsp3) is 0.750. The number of nitrogens with one attached hydrogen (secondary N) is 1. The molecule has 1 atom stereocenters. The summed E-state index contributed by atoms with van der Waals surface area (Å²) in [6.07, 6.45) is -0.548. The zero-order chi connectivity index (χ0) is 10.6. The minimum absolute atomic E-state index is 0.359. The zero-order valence-corrected chi connectivity index (χ0v) is 8.02. The van der Waals surface area contributed by atoms with Gasteiger partial charge in [0.2, 0.25) is 0 Å². The van der Waals surface area contributed by atoms with E-state index in [0.717, 1.165) is 6.54 Å². The molecule has 1 unspecified atom stereocenters. The first-order chi connectivity index (χ1) is 6.59. The molecule has 6 heteroatoms. The summed E-state index contributed by atoms with van der Waals surface area (Å²) in [7, 11) is 1.89. The van der Waals surface area contributed by atoms with Crippen molar-refractivity contribution in [2.24, 2.45) is 0 Å². The van der Waals surface area contributed by atoms with E-state index in [1.807, 2.05) is 11.9 Å². The maximum atomic E-state index is 11.3. The van der Waals surface area contributed by atoms with Gasteiger partial charge in [0.05, 0.1) is 6.61 Å². The van der Waals surface area contributed by atoms with Crippen LogP contribution in [0.1, 0.15) is 0 Å². The van der Waals surface area contributed by atoms with Crippen molar-refractivity contribution >= 4 is 11.9 Å². The van der Waals surface area contributed by atoms with E-state index in [-0.39, 0.29) is 12.5 Å². The highest BCUT2D eigenvalue weighted by Crippen LogP contribution is 2.02. The first kappa shape index (κ1) is 10.9. The van der Waals surface area contributed by atoms with Crippen LogP contribution < -0.4 is 5.32 Å². The second-order valence-electron chi connectivity index (χ2n) is 3.23. The molecule has 0 spiro atoms. The summed E-state index contributed by atoms with van der Waals surface area (Å²) < 4.78 is 5.20. The van der Waals surface area contributed by atoms with Crippen LogP contribution in [-0.4, -0.2) is 61.3 Å². The average Bonchev–Trinajstić information content (AvgIpc) is 2.14. The predicted molar refractivity (Wildman–Crippen MR) is 47.9 cm³/mol. The number of morpholine rings is 1. The van der Waals surface area contributed by atoms with Crippen LogP contribution in [0.25, 0.3) is 0 Å². The lowest BCUT2D eigenvalue weighted by Gasteiger charge is -2.28. The first-order valence-electron chi connectivity index (χ1n) is 4.39. The normalized spacial score (nSPS) is 23.1. The maximum absolute atomic E-state index is 11.3. The van der Waals surface area contributed by atoms with Gasteiger partial charge in [0.25, 0.3) is 5.91 Å². The van der Waals surface area contributed by atoms with Gasteiger partial charge >= 0.3 is 5.97 Å². The van der Waals surface area contributed by atoms with Crippen LogP contribution in [0.15, 0.2) is 0 Å². The monoisotopic (exact) mass is 202 g/mol. The number of carboxylic acid groups (broad SMARTS) is 1. The molecule has 1 rings (SSSR count). The van der Waals surface area contributed by atoms with Crippen LogP contribution in [0.3, 0.4) is 0 Å². The second kappa shape index (κ2) is 4.92. The molecule has 1 aliphatic rings. The van der Waals surface area contributed by atoms with Gasteiger partial charge in [0.15, 0.2) is 0 Å². The van der Waals surface area contributed by atoms with E-state index in [0.29, 0.717) is 13.2 Å². The van der Waals surface area contributed by atoms with Crippen molar-refractivity contribution in [1.82, 2.24) is 10.2 Å². The van der Waals surface area contributed by atoms with Gasteiger partial charge in [-0.1, -0.05) is 0 Å². The van der Waals surface area contributed by atoms with Crippen LogP contribution in [0.4, 0.5) is 0 Å². The molecule has 0 saturated carbocycles. The highest BCUT2D eigenvalue weighted by Gasteiger charge is 2.24. The van der Waals surface area contributed by atoms with Gasteiger partial charge < -0.3 is 20.1 Å².